The average molecular weight is 619 g/mol. The van der Waals surface area contributed by atoms with Crippen molar-refractivity contribution < 1.29 is 22.7 Å². The van der Waals surface area contributed by atoms with Crippen molar-refractivity contribution in [1.82, 2.24) is 14.6 Å². The molecule has 0 saturated carbocycles. The van der Waals surface area contributed by atoms with Crippen LogP contribution in [0.4, 0.5) is 24.5 Å². The summed E-state index contributed by atoms with van der Waals surface area (Å²) in [5, 5.41) is 5.05. The molecule has 212 valence electrons. The van der Waals surface area contributed by atoms with Crippen molar-refractivity contribution in [2.45, 2.75) is 48.9 Å². The number of hydrogen-bond donors (Lipinski definition) is 3. The summed E-state index contributed by atoms with van der Waals surface area (Å²) in [5.41, 5.74) is 2.99. The number of pyridine rings is 1. The van der Waals surface area contributed by atoms with Crippen LogP contribution >= 0.6 is 0 Å². The molecule has 2 aromatic heterocycles. The summed E-state index contributed by atoms with van der Waals surface area (Å²) < 4.78 is 48.1. The second-order valence-corrected chi connectivity index (χ2v) is 12.2. The van der Waals surface area contributed by atoms with Gasteiger partial charge in [-0.15, -0.1) is 0 Å². The molecular weight excluding hydrogens is 586 g/mol. The maximum atomic E-state index is 13.6. The van der Waals surface area contributed by atoms with Crippen LogP contribution < -0.4 is 25.3 Å². The van der Waals surface area contributed by atoms with E-state index in [-0.39, 0.29) is 23.1 Å². The molecule has 2 bridgehead atoms. The van der Waals surface area contributed by atoms with Crippen molar-refractivity contribution in [2.24, 2.45) is 0 Å². The Kier molecular flexibility index (Phi) is 8.22. The van der Waals surface area contributed by atoms with Gasteiger partial charge in [0.2, 0.25) is 0 Å². The molecule has 5 rings (SSSR count). The number of aromatic nitrogens is 1. The number of hydrogen-bond acceptors (Lipinski definition) is 5. The van der Waals surface area contributed by atoms with Gasteiger partial charge in [-0.1, -0.05) is 0 Å². The molecule has 40 heavy (non-hydrogen) atoms. The summed E-state index contributed by atoms with van der Waals surface area (Å²) in [7, 11) is 5.22. The van der Waals surface area contributed by atoms with Crippen LogP contribution in [-0.2, 0) is 0 Å². The van der Waals surface area contributed by atoms with E-state index in [2.05, 4.69) is 39.7 Å². The van der Waals surface area contributed by atoms with E-state index >= 15 is 0 Å². The van der Waals surface area contributed by atoms with Gasteiger partial charge in [0.15, 0.2) is 0 Å². The van der Waals surface area contributed by atoms with Gasteiger partial charge in [0, 0.05) is 7.05 Å². The molecule has 11 heteroatoms. The molecule has 4 heterocycles. The fourth-order valence-corrected chi connectivity index (χ4v) is 7.27. The first kappa shape index (κ1) is 28.2. The Morgan fingerprint density at radius 2 is 1.95 bits per heavy atom. The quantitative estimate of drug-likeness (QED) is 0.279. The number of ether oxygens (including phenoxy) is 1. The molecule has 0 spiro atoms. The van der Waals surface area contributed by atoms with E-state index in [4.69, 9.17) is 4.74 Å². The van der Waals surface area contributed by atoms with Crippen molar-refractivity contribution in [3.8, 4) is 17.6 Å². The zero-order valence-corrected chi connectivity index (χ0v) is 24.3. The number of rotatable bonds is 7. The SMILES string of the molecule is CNC(=O)c1ccc(NCC#Cc2cc3c(N[C@@H]4CC[C@@H]5CC[C@H]4N5C)cccn3c2[Se]C(F)(F)F)c(OC)c1. The number of fused-ring (bicyclic) bond motifs is 3. The normalized spacial score (nSPS) is 20.6. The van der Waals surface area contributed by atoms with Gasteiger partial charge in [0.1, 0.15) is 0 Å². The second-order valence-electron chi connectivity index (χ2n) is 10.0. The standard InChI is InChI=1S/C29H32F3N5O2Se/c1-33-27(38)18-8-11-23(26(17-18)39-3)34-14-4-6-19-16-25-21(7-5-15-37(25)28(19)40-29(30,31)32)35-22-12-9-20-10-13-24(22)36(20)2/h5,7-8,11,15-17,20,22,24,34-35H,9-10,12-14H2,1-3H3,(H,33,38)/t20-,22-,24-/m1/s1. The summed E-state index contributed by atoms with van der Waals surface area (Å²) in [6.07, 6.45) is 6.19. The number of methoxy groups -OCH3 is 1. The molecule has 2 fully saturated rings. The molecule has 3 aromatic rings. The third-order valence-corrected chi connectivity index (χ3v) is 9.53. The number of halogens is 3. The molecule has 1 amide bonds. The molecular formula is C29H32F3N5O2Se. The van der Waals surface area contributed by atoms with Gasteiger partial charge in [-0.05, 0) is 0 Å². The predicted molar refractivity (Wildman–Crippen MR) is 152 cm³/mol. The zero-order valence-electron chi connectivity index (χ0n) is 22.6. The molecule has 2 saturated heterocycles. The maximum absolute atomic E-state index is 13.6. The van der Waals surface area contributed by atoms with Gasteiger partial charge < -0.3 is 0 Å². The van der Waals surface area contributed by atoms with E-state index in [0.717, 1.165) is 24.9 Å². The molecule has 1 aromatic carbocycles. The number of alkyl halides is 3. The number of anilines is 2. The molecule has 2 aliphatic heterocycles. The van der Waals surface area contributed by atoms with Crippen LogP contribution in [0.3, 0.4) is 0 Å². The first-order valence-corrected chi connectivity index (χ1v) is 14.9. The van der Waals surface area contributed by atoms with Gasteiger partial charge >= 0.3 is 231 Å². The number of amides is 1. The van der Waals surface area contributed by atoms with Crippen molar-refractivity contribution in [3.63, 3.8) is 0 Å². The van der Waals surface area contributed by atoms with Gasteiger partial charge in [-0.3, -0.25) is 0 Å². The summed E-state index contributed by atoms with van der Waals surface area (Å²) >= 11 is -1.77. The van der Waals surface area contributed by atoms with Crippen molar-refractivity contribution in [3.05, 3.63) is 53.7 Å². The number of benzene rings is 1. The number of nitrogens with one attached hydrogen (secondary N) is 3. The van der Waals surface area contributed by atoms with Crippen LogP contribution in [0.2, 0.25) is 0 Å². The zero-order chi connectivity index (χ0) is 28.4. The van der Waals surface area contributed by atoms with Crippen molar-refractivity contribution in [1.29, 1.82) is 0 Å². The summed E-state index contributed by atoms with van der Waals surface area (Å²) in [6.45, 7) is 0.183. The summed E-state index contributed by atoms with van der Waals surface area (Å²) in [5.74, 6) is 6.18. The number of nitrogens with zero attached hydrogens (tertiary/aromatic N) is 2. The Morgan fingerprint density at radius 1 is 1.15 bits per heavy atom. The summed E-state index contributed by atoms with van der Waals surface area (Å²) in [4.78, 5) is 14.3. The number of likely N-dealkylation sites (N-methyl/N-ethyl adjacent to an activating group) is 1. The van der Waals surface area contributed by atoms with Gasteiger partial charge in [0.25, 0.3) is 0 Å². The second kappa shape index (κ2) is 11.7. The first-order chi connectivity index (χ1) is 19.2. The number of carbonyl (C=O) groups excluding carboxylic acids is 1. The minimum absolute atomic E-state index is 0.181. The monoisotopic (exact) mass is 619 g/mol. The van der Waals surface area contributed by atoms with Crippen molar-refractivity contribution >= 4 is 42.3 Å². The van der Waals surface area contributed by atoms with Gasteiger partial charge in [-0.2, -0.15) is 0 Å². The Hall–Kier alpha value is -3.32. The van der Waals surface area contributed by atoms with Gasteiger partial charge in [0.05, 0.1) is 0 Å². The Morgan fingerprint density at radius 3 is 2.70 bits per heavy atom. The fraction of sp³-hybridized carbons (Fsp3) is 0.414. The van der Waals surface area contributed by atoms with Crippen LogP contribution in [0.1, 0.15) is 41.6 Å². The third kappa shape index (κ3) is 5.90. The Labute approximate surface area is 238 Å². The van der Waals surface area contributed by atoms with E-state index in [9.17, 15) is 18.0 Å². The van der Waals surface area contributed by atoms with E-state index in [0.29, 0.717) is 40.2 Å². The van der Waals surface area contributed by atoms with Crippen LogP contribution in [0.15, 0.2) is 42.6 Å². The average Bonchev–Trinajstić information content (AvgIpc) is 3.38. The van der Waals surface area contributed by atoms with Crippen LogP contribution in [-0.4, -0.2) is 81.1 Å². The van der Waals surface area contributed by atoms with E-state index in [1.54, 1.807) is 48.0 Å². The van der Waals surface area contributed by atoms with Crippen LogP contribution in [0.25, 0.3) is 5.52 Å². The fourth-order valence-electron chi connectivity index (χ4n) is 5.81. The Bertz CT molecular complexity index is 1460. The van der Waals surface area contributed by atoms with Crippen LogP contribution in [0.5, 0.6) is 5.75 Å². The van der Waals surface area contributed by atoms with E-state index < -0.39 is 20.0 Å². The van der Waals surface area contributed by atoms with E-state index in [1.165, 1.54) is 13.5 Å². The predicted octanol–water partition coefficient (Wildman–Crippen LogP) is 3.66. The summed E-state index contributed by atoms with van der Waals surface area (Å²) in [6, 6.07) is 11.8. The van der Waals surface area contributed by atoms with Gasteiger partial charge in [-0.25, -0.2) is 0 Å². The van der Waals surface area contributed by atoms with Crippen LogP contribution in [0, 0.1) is 11.8 Å². The first-order valence-electron chi connectivity index (χ1n) is 13.2. The molecule has 3 N–H and O–H groups in total. The molecule has 0 unspecified atom stereocenters. The molecule has 0 aliphatic carbocycles. The minimum atomic E-state index is -4.32. The van der Waals surface area contributed by atoms with E-state index in [1.807, 2.05) is 6.07 Å². The molecule has 3 atom stereocenters. The Balaban J connectivity index is 1.40. The topological polar surface area (TPSA) is 70.0 Å². The molecule has 2 aliphatic rings. The third-order valence-electron chi connectivity index (χ3n) is 7.77. The number of piperidine rings is 1. The number of carbonyl (C=O) groups is 1. The van der Waals surface area contributed by atoms with Crippen molar-refractivity contribution in [2.75, 3.05) is 38.4 Å². The molecule has 7 nitrogen and oxygen atoms in total. The molecule has 0 radical (unpaired) electrons.